The summed E-state index contributed by atoms with van der Waals surface area (Å²) in [6.07, 6.45) is 0. The SMILES string of the molecule is Clc1ccccc1-c1nc(CSc2nc3ccccc3o2)no1. The van der Waals surface area contributed by atoms with E-state index in [4.69, 9.17) is 20.5 Å². The minimum atomic E-state index is 0.406. The van der Waals surface area contributed by atoms with Crippen LogP contribution in [0.2, 0.25) is 5.02 Å². The molecule has 0 amide bonds. The van der Waals surface area contributed by atoms with Gasteiger partial charge >= 0.3 is 0 Å². The van der Waals surface area contributed by atoms with Crippen LogP contribution in [0.25, 0.3) is 22.6 Å². The molecule has 23 heavy (non-hydrogen) atoms. The Balaban J connectivity index is 1.51. The van der Waals surface area contributed by atoms with Gasteiger partial charge in [0.05, 0.1) is 16.3 Å². The summed E-state index contributed by atoms with van der Waals surface area (Å²) >= 11 is 7.54. The van der Waals surface area contributed by atoms with Crippen LogP contribution >= 0.6 is 23.4 Å². The Kier molecular flexibility index (Phi) is 3.77. The smallest absolute Gasteiger partial charge is 0.259 e. The van der Waals surface area contributed by atoms with Gasteiger partial charge in [-0.25, -0.2) is 4.98 Å². The van der Waals surface area contributed by atoms with Gasteiger partial charge in [-0.05, 0) is 24.3 Å². The molecule has 4 aromatic rings. The summed E-state index contributed by atoms with van der Waals surface area (Å²) in [6, 6.07) is 15.0. The number of benzene rings is 2. The largest absolute Gasteiger partial charge is 0.431 e. The standard InChI is InChI=1S/C16H10ClN3O2S/c17-11-6-2-1-5-10(11)15-19-14(20-22-15)9-23-16-18-12-7-3-4-8-13(12)21-16/h1-8H,9H2. The van der Waals surface area contributed by atoms with Crippen molar-refractivity contribution in [3.63, 3.8) is 0 Å². The maximum absolute atomic E-state index is 6.13. The second kappa shape index (κ2) is 6.06. The van der Waals surface area contributed by atoms with E-state index in [0.717, 1.165) is 16.7 Å². The zero-order valence-corrected chi connectivity index (χ0v) is 13.3. The third-order valence-electron chi connectivity index (χ3n) is 3.17. The van der Waals surface area contributed by atoms with E-state index in [1.807, 2.05) is 42.5 Å². The molecule has 0 fully saturated rings. The number of thioether (sulfide) groups is 1. The number of rotatable bonds is 4. The second-order valence-electron chi connectivity index (χ2n) is 4.73. The fraction of sp³-hybridized carbons (Fsp3) is 0.0625. The normalized spacial score (nSPS) is 11.2. The van der Waals surface area contributed by atoms with E-state index in [1.54, 1.807) is 6.07 Å². The van der Waals surface area contributed by atoms with Crippen LogP contribution in [0, 0.1) is 0 Å². The lowest BCUT2D eigenvalue weighted by Gasteiger charge is -1.95. The summed E-state index contributed by atoms with van der Waals surface area (Å²) in [6.45, 7) is 0. The van der Waals surface area contributed by atoms with Crippen molar-refractivity contribution >= 4 is 34.5 Å². The summed E-state index contributed by atoms with van der Waals surface area (Å²) in [4.78, 5) is 8.75. The molecule has 2 aromatic carbocycles. The highest BCUT2D eigenvalue weighted by atomic mass is 35.5. The zero-order valence-electron chi connectivity index (χ0n) is 11.8. The number of para-hydroxylation sites is 2. The third kappa shape index (κ3) is 2.95. The maximum atomic E-state index is 6.13. The molecule has 2 heterocycles. The molecule has 0 unspecified atom stereocenters. The molecule has 5 nitrogen and oxygen atoms in total. The van der Waals surface area contributed by atoms with E-state index in [0.29, 0.717) is 27.7 Å². The maximum Gasteiger partial charge on any atom is 0.259 e. The molecule has 0 N–H and O–H groups in total. The van der Waals surface area contributed by atoms with Crippen molar-refractivity contribution in [1.29, 1.82) is 0 Å². The Bertz CT molecular complexity index is 934. The monoisotopic (exact) mass is 343 g/mol. The lowest BCUT2D eigenvalue weighted by molar-refractivity contribution is 0.425. The molecule has 0 aliphatic heterocycles. The number of halogens is 1. The van der Waals surface area contributed by atoms with Crippen molar-refractivity contribution in [2.45, 2.75) is 11.0 Å². The number of nitrogens with zero attached hydrogens (tertiary/aromatic N) is 3. The predicted molar refractivity (Wildman–Crippen MR) is 88.3 cm³/mol. The number of fused-ring (bicyclic) bond motifs is 1. The van der Waals surface area contributed by atoms with E-state index in [-0.39, 0.29) is 0 Å². The third-order valence-corrected chi connectivity index (χ3v) is 4.33. The molecule has 114 valence electrons. The Hall–Kier alpha value is -2.31. The zero-order chi connectivity index (χ0) is 15.6. The first-order valence-electron chi connectivity index (χ1n) is 6.85. The van der Waals surface area contributed by atoms with Crippen LogP contribution in [0.1, 0.15) is 5.82 Å². The van der Waals surface area contributed by atoms with Gasteiger partial charge in [-0.1, -0.05) is 52.8 Å². The molecular weight excluding hydrogens is 334 g/mol. The van der Waals surface area contributed by atoms with Crippen LogP contribution in [0.15, 0.2) is 62.7 Å². The molecular formula is C16H10ClN3O2S. The van der Waals surface area contributed by atoms with Crippen LogP contribution < -0.4 is 0 Å². The van der Waals surface area contributed by atoms with Crippen molar-refractivity contribution < 1.29 is 8.94 Å². The average Bonchev–Trinajstić information content (AvgIpc) is 3.19. The molecule has 0 aliphatic rings. The van der Waals surface area contributed by atoms with Crippen molar-refractivity contribution in [2.24, 2.45) is 0 Å². The molecule has 0 atom stereocenters. The summed E-state index contributed by atoms with van der Waals surface area (Å²) in [5, 5.41) is 5.12. The number of oxazole rings is 1. The average molecular weight is 344 g/mol. The summed E-state index contributed by atoms with van der Waals surface area (Å²) < 4.78 is 10.9. The quantitative estimate of drug-likeness (QED) is 0.495. The molecule has 4 rings (SSSR count). The molecule has 0 aliphatic carbocycles. The molecule has 0 spiro atoms. The van der Waals surface area contributed by atoms with Crippen LogP contribution in [-0.4, -0.2) is 15.1 Å². The summed E-state index contributed by atoms with van der Waals surface area (Å²) in [5.41, 5.74) is 2.32. The van der Waals surface area contributed by atoms with Crippen LogP contribution in [-0.2, 0) is 5.75 Å². The first-order valence-corrected chi connectivity index (χ1v) is 8.22. The topological polar surface area (TPSA) is 65.0 Å². The molecule has 0 radical (unpaired) electrons. The number of hydrogen-bond acceptors (Lipinski definition) is 6. The predicted octanol–water partition coefficient (Wildman–Crippen LogP) is 4.82. The van der Waals surface area contributed by atoms with Crippen molar-refractivity contribution in [3.05, 3.63) is 59.4 Å². The van der Waals surface area contributed by atoms with Crippen molar-refractivity contribution in [2.75, 3.05) is 0 Å². The Morgan fingerprint density at radius 2 is 1.83 bits per heavy atom. The van der Waals surface area contributed by atoms with Crippen LogP contribution in [0.5, 0.6) is 0 Å². The minimum absolute atomic E-state index is 0.406. The van der Waals surface area contributed by atoms with Crippen LogP contribution in [0.4, 0.5) is 0 Å². The van der Waals surface area contributed by atoms with Gasteiger partial charge in [0, 0.05) is 0 Å². The Labute approximate surface area is 140 Å². The number of hydrogen-bond donors (Lipinski definition) is 0. The highest BCUT2D eigenvalue weighted by Crippen LogP contribution is 2.28. The van der Waals surface area contributed by atoms with Gasteiger partial charge in [0.25, 0.3) is 11.1 Å². The molecule has 0 saturated heterocycles. The lowest BCUT2D eigenvalue weighted by Crippen LogP contribution is -1.84. The molecule has 0 bridgehead atoms. The van der Waals surface area contributed by atoms with Crippen molar-refractivity contribution in [3.8, 4) is 11.5 Å². The summed E-state index contributed by atoms with van der Waals surface area (Å²) in [5.74, 6) is 1.47. The van der Waals surface area contributed by atoms with E-state index in [1.165, 1.54) is 11.8 Å². The van der Waals surface area contributed by atoms with E-state index in [9.17, 15) is 0 Å². The van der Waals surface area contributed by atoms with Gasteiger partial charge in [-0.15, -0.1) is 0 Å². The lowest BCUT2D eigenvalue weighted by atomic mass is 10.2. The Morgan fingerprint density at radius 1 is 1.00 bits per heavy atom. The fourth-order valence-corrected chi connectivity index (χ4v) is 2.99. The van der Waals surface area contributed by atoms with E-state index < -0.39 is 0 Å². The molecule has 0 saturated carbocycles. The molecule has 7 heteroatoms. The van der Waals surface area contributed by atoms with Gasteiger partial charge < -0.3 is 8.94 Å². The van der Waals surface area contributed by atoms with Crippen molar-refractivity contribution in [1.82, 2.24) is 15.1 Å². The van der Waals surface area contributed by atoms with E-state index in [2.05, 4.69) is 15.1 Å². The first kappa shape index (κ1) is 14.3. The van der Waals surface area contributed by atoms with Gasteiger partial charge in [0.15, 0.2) is 11.4 Å². The van der Waals surface area contributed by atoms with Gasteiger partial charge in [0.2, 0.25) is 0 Å². The van der Waals surface area contributed by atoms with Gasteiger partial charge in [-0.2, -0.15) is 4.98 Å². The number of aromatic nitrogens is 3. The molecule has 2 aromatic heterocycles. The fourth-order valence-electron chi connectivity index (χ4n) is 2.10. The highest BCUT2D eigenvalue weighted by molar-refractivity contribution is 7.98. The minimum Gasteiger partial charge on any atom is -0.431 e. The van der Waals surface area contributed by atoms with Gasteiger partial charge in [-0.3, -0.25) is 0 Å². The van der Waals surface area contributed by atoms with Gasteiger partial charge in [0.1, 0.15) is 5.52 Å². The second-order valence-corrected chi connectivity index (χ2v) is 6.07. The van der Waals surface area contributed by atoms with Crippen LogP contribution in [0.3, 0.4) is 0 Å². The Morgan fingerprint density at radius 3 is 2.70 bits per heavy atom. The highest BCUT2D eigenvalue weighted by Gasteiger charge is 2.13. The van der Waals surface area contributed by atoms with E-state index >= 15 is 0 Å². The summed E-state index contributed by atoms with van der Waals surface area (Å²) in [7, 11) is 0. The first-order chi connectivity index (χ1) is 11.3.